The molecule has 0 aliphatic heterocycles. The smallest absolute Gasteiger partial charge is 0.371 e. The number of carbonyl (C=O) groups is 2. The number of aliphatic carboxylic acids is 1. The van der Waals surface area contributed by atoms with E-state index < -0.39 is 17.5 Å². The second kappa shape index (κ2) is 4.13. The van der Waals surface area contributed by atoms with Gasteiger partial charge < -0.3 is 14.6 Å². The van der Waals surface area contributed by atoms with Crippen molar-refractivity contribution in [1.82, 2.24) is 0 Å². The number of fused-ring (bicyclic) bond motifs is 1. The van der Waals surface area contributed by atoms with Gasteiger partial charge in [-0.25, -0.2) is 4.79 Å². The SMILES string of the molecule is O=C(O)/C(O)=C\C(=O)c1cc2ccccc2o1. The Morgan fingerprint density at radius 1 is 1.18 bits per heavy atom. The second-order valence-electron chi connectivity index (χ2n) is 3.35. The van der Waals surface area contributed by atoms with Crippen molar-refractivity contribution < 1.29 is 24.2 Å². The van der Waals surface area contributed by atoms with Gasteiger partial charge in [0.15, 0.2) is 5.76 Å². The molecule has 86 valence electrons. The normalized spacial score (nSPS) is 11.6. The fourth-order valence-corrected chi connectivity index (χ4v) is 1.36. The summed E-state index contributed by atoms with van der Waals surface area (Å²) < 4.78 is 5.21. The highest BCUT2D eigenvalue weighted by Crippen LogP contribution is 2.19. The van der Waals surface area contributed by atoms with E-state index in [-0.39, 0.29) is 5.76 Å². The number of hydrogen-bond acceptors (Lipinski definition) is 4. The van der Waals surface area contributed by atoms with Crippen LogP contribution in [-0.4, -0.2) is 22.0 Å². The number of hydrogen-bond donors (Lipinski definition) is 2. The summed E-state index contributed by atoms with van der Waals surface area (Å²) in [6.07, 6.45) is 0.611. The molecule has 0 aliphatic carbocycles. The van der Waals surface area contributed by atoms with Gasteiger partial charge in [0.1, 0.15) is 5.58 Å². The van der Waals surface area contributed by atoms with Crippen LogP contribution in [0.15, 0.2) is 46.6 Å². The monoisotopic (exact) mass is 232 g/mol. The number of ketones is 1. The Kier molecular flexibility index (Phi) is 2.66. The molecular formula is C12H8O5. The molecule has 0 saturated heterocycles. The molecule has 0 spiro atoms. The molecule has 1 aromatic heterocycles. The Bertz CT molecular complexity index is 588. The Morgan fingerprint density at radius 3 is 2.53 bits per heavy atom. The van der Waals surface area contributed by atoms with E-state index in [1.54, 1.807) is 24.3 Å². The quantitative estimate of drug-likeness (QED) is 0.481. The maximum atomic E-state index is 11.5. The van der Waals surface area contributed by atoms with Crippen LogP contribution in [0.4, 0.5) is 0 Å². The van der Waals surface area contributed by atoms with Crippen molar-refractivity contribution in [2.24, 2.45) is 0 Å². The first-order valence-electron chi connectivity index (χ1n) is 4.75. The van der Waals surface area contributed by atoms with Crippen LogP contribution < -0.4 is 0 Å². The molecule has 0 fully saturated rings. The first-order chi connectivity index (χ1) is 8.08. The van der Waals surface area contributed by atoms with Crippen LogP contribution >= 0.6 is 0 Å². The third kappa shape index (κ3) is 2.17. The van der Waals surface area contributed by atoms with Crippen molar-refractivity contribution in [3.05, 3.63) is 47.9 Å². The molecule has 5 heteroatoms. The van der Waals surface area contributed by atoms with E-state index in [9.17, 15) is 9.59 Å². The van der Waals surface area contributed by atoms with Crippen LogP contribution in [0.1, 0.15) is 10.6 Å². The fraction of sp³-hybridized carbons (Fsp3) is 0. The lowest BCUT2D eigenvalue weighted by molar-refractivity contribution is -0.135. The molecule has 2 rings (SSSR count). The lowest BCUT2D eigenvalue weighted by Gasteiger charge is -1.90. The minimum absolute atomic E-state index is 0.0148. The number of aliphatic hydroxyl groups is 1. The number of para-hydroxylation sites is 1. The Hall–Kier alpha value is -2.56. The third-order valence-electron chi connectivity index (χ3n) is 2.16. The second-order valence-corrected chi connectivity index (χ2v) is 3.35. The number of benzene rings is 1. The van der Waals surface area contributed by atoms with Crippen molar-refractivity contribution in [3.63, 3.8) is 0 Å². The maximum absolute atomic E-state index is 11.5. The van der Waals surface area contributed by atoms with Crippen LogP contribution in [0.3, 0.4) is 0 Å². The molecule has 0 amide bonds. The lowest BCUT2D eigenvalue weighted by atomic mass is 10.2. The van der Waals surface area contributed by atoms with Crippen molar-refractivity contribution in [3.8, 4) is 0 Å². The van der Waals surface area contributed by atoms with Crippen LogP contribution in [0, 0.1) is 0 Å². The number of aliphatic hydroxyl groups excluding tert-OH is 1. The zero-order valence-electron chi connectivity index (χ0n) is 8.58. The Morgan fingerprint density at radius 2 is 1.88 bits per heavy atom. The molecule has 0 bridgehead atoms. The molecule has 0 atom stereocenters. The van der Waals surface area contributed by atoms with Crippen molar-refractivity contribution in [2.45, 2.75) is 0 Å². The zero-order chi connectivity index (χ0) is 12.4. The van der Waals surface area contributed by atoms with Crippen molar-refractivity contribution in [1.29, 1.82) is 0 Å². The molecule has 0 radical (unpaired) electrons. The first kappa shape index (κ1) is 10.9. The molecule has 1 aromatic carbocycles. The topological polar surface area (TPSA) is 87.7 Å². The summed E-state index contributed by atoms with van der Waals surface area (Å²) in [5.41, 5.74) is 0.527. The molecule has 5 nitrogen and oxygen atoms in total. The highest BCUT2D eigenvalue weighted by Gasteiger charge is 2.13. The van der Waals surface area contributed by atoms with E-state index in [0.717, 1.165) is 5.39 Å². The average molecular weight is 232 g/mol. The van der Waals surface area contributed by atoms with Gasteiger partial charge in [-0.05, 0) is 12.1 Å². The molecule has 1 heterocycles. The standard InChI is InChI=1S/C12H8O5/c13-8(6-9(14)12(15)16)11-5-7-3-1-2-4-10(7)17-11/h1-6,14H,(H,15,16)/b9-6+. The highest BCUT2D eigenvalue weighted by molar-refractivity contribution is 6.07. The number of carbonyl (C=O) groups excluding carboxylic acids is 1. The number of carboxylic acid groups (broad SMARTS) is 1. The molecule has 0 saturated carbocycles. The minimum atomic E-state index is -1.56. The summed E-state index contributed by atoms with van der Waals surface area (Å²) in [6, 6.07) is 8.48. The van der Waals surface area contributed by atoms with Gasteiger partial charge in [0.2, 0.25) is 11.5 Å². The average Bonchev–Trinajstić information content (AvgIpc) is 2.72. The largest absolute Gasteiger partial charge is 0.502 e. The highest BCUT2D eigenvalue weighted by atomic mass is 16.4. The van der Waals surface area contributed by atoms with E-state index in [2.05, 4.69) is 0 Å². The lowest BCUT2D eigenvalue weighted by Crippen LogP contribution is -2.03. The van der Waals surface area contributed by atoms with E-state index in [4.69, 9.17) is 14.6 Å². The van der Waals surface area contributed by atoms with Crippen LogP contribution in [0.25, 0.3) is 11.0 Å². The molecule has 17 heavy (non-hydrogen) atoms. The summed E-state index contributed by atoms with van der Waals surface area (Å²) in [5, 5.41) is 18.1. The summed E-state index contributed by atoms with van der Waals surface area (Å²) in [7, 11) is 0. The Labute approximate surface area is 95.6 Å². The molecule has 2 aromatic rings. The predicted molar refractivity (Wildman–Crippen MR) is 58.9 cm³/mol. The molecule has 0 aliphatic rings. The van der Waals surface area contributed by atoms with Gasteiger partial charge in [0, 0.05) is 11.5 Å². The van der Waals surface area contributed by atoms with E-state index in [0.29, 0.717) is 11.7 Å². The van der Waals surface area contributed by atoms with Gasteiger partial charge in [-0.2, -0.15) is 0 Å². The summed E-state index contributed by atoms with van der Waals surface area (Å²) in [5.74, 6) is -3.29. The first-order valence-corrected chi connectivity index (χ1v) is 4.75. The minimum Gasteiger partial charge on any atom is -0.502 e. The number of furan rings is 1. The van der Waals surface area contributed by atoms with Gasteiger partial charge >= 0.3 is 5.97 Å². The number of carboxylic acids is 1. The van der Waals surface area contributed by atoms with E-state index >= 15 is 0 Å². The predicted octanol–water partition coefficient (Wildman–Crippen LogP) is 2.14. The van der Waals surface area contributed by atoms with Crippen LogP contribution in [0.2, 0.25) is 0 Å². The summed E-state index contributed by atoms with van der Waals surface area (Å²) in [6.45, 7) is 0. The maximum Gasteiger partial charge on any atom is 0.371 e. The summed E-state index contributed by atoms with van der Waals surface area (Å²) in [4.78, 5) is 21.9. The Balaban J connectivity index is 2.37. The number of allylic oxidation sites excluding steroid dienone is 1. The van der Waals surface area contributed by atoms with Gasteiger partial charge in [0.05, 0.1) is 0 Å². The third-order valence-corrected chi connectivity index (χ3v) is 2.16. The fourth-order valence-electron chi connectivity index (χ4n) is 1.36. The summed E-state index contributed by atoms with van der Waals surface area (Å²) >= 11 is 0. The van der Waals surface area contributed by atoms with Gasteiger partial charge in [-0.15, -0.1) is 0 Å². The van der Waals surface area contributed by atoms with Gasteiger partial charge in [-0.3, -0.25) is 4.79 Å². The molecular weight excluding hydrogens is 224 g/mol. The van der Waals surface area contributed by atoms with Crippen LogP contribution in [-0.2, 0) is 4.79 Å². The number of rotatable bonds is 3. The van der Waals surface area contributed by atoms with E-state index in [1.807, 2.05) is 0 Å². The van der Waals surface area contributed by atoms with E-state index in [1.165, 1.54) is 6.07 Å². The molecule has 0 unspecified atom stereocenters. The molecule has 2 N–H and O–H groups in total. The van der Waals surface area contributed by atoms with Gasteiger partial charge in [0.25, 0.3) is 0 Å². The van der Waals surface area contributed by atoms with Crippen molar-refractivity contribution >= 4 is 22.7 Å². The van der Waals surface area contributed by atoms with Crippen molar-refractivity contribution in [2.75, 3.05) is 0 Å². The van der Waals surface area contributed by atoms with Crippen LogP contribution in [0.5, 0.6) is 0 Å². The van der Waals surface area contributed by atoms with Gasteiger partial charge in [-0.1, -0.05) is 18.2 Å². The zero-order valence-corrected chi connectivity index (χ0v) is 8.58.